The van der Waals surface area contributed by atoms with Crippen LogP contribution in [0.3, 0.4) is 0 Å². The Balaban J connectivity index is 1.82. The van der Waals surface area contributed by atoms with Crippen LogP contribution in [0.2, 0.25) is 0 Å². The van der Waals surface area contributed by atoms with E-state index >= 15 is 0 Å². The summed E-state index contributed by atoms with van der Waals surface area (Å²) in [7, 11) is 0. The molecule has 1 aliphatic carbocycles. The summed E-state index contributed by atoms with van der Waals surface area (Å²) in [6, 6.07) is 5.43. The molecule has 164 valence electrons. The molecule has 0 atom stereocenters. The lowest BCUT2D eigenvalue weighted by atomic mass is 9.96. The Bertz CT molecular complexity index is 1500. The molecule has 0 aliphatic heterocycles. The summed E-state index contributed by atoms with van der Waals surface area (Å²) in [5.41, 5.74) is 17.9. The first-order chi connectivity index (χ1) is 15.3. The molecule has 8 nitrogen and oxygen atoms in total. The van der Waals surface area contributed by atoms with E-state index in [-0.39, 0.29) is 46.8 Å². The highest BCUT2D eigenvalue weighted by atomic mass is 19.1. The maximum absolute atomic E-state index is 14.7. The van der Waals surface area contributed by atoms with Gasteiger partial charge in [-0.3, -0.25) is 4.79 Å². The molecule has 0 saturated heterocycles. The molecule has 10 heteroatoms. The van der Waals surface area contributed by atoms with Crippen molar-refractivity contribution >= 4 is 33.6 Å². The first kappa shape index (κ1) is 20.0. The standard InChI is InChI=1S/C22H20F2N6O2/c1-9-11(13-6-15(24)16(25)7-14(13)23)4-5-12-19(9)30(10-2-3-10)21(31)18-20(12)32-17(29-18)8-28-22(26)27/h4-7,10H,2-3,8,25H2,1H3,(H4,26,27,28). The Morgan fingerprint density at radius 2 is 1.97 bits per heavy atom. The zero-order valence-corrected chi connectivity index (χ0v) is 17.2. The zero-order valence-electron chi connectivity index (χ0n) is 17.2. The van der Waals surface area contributed by atoms with Gasteiger partial charge in [-0.05, 0) is 43.0 Å². The topological polar surface area (TPSA) is 138 Å². The predicted octanol–water partition coefficient (Wildman–Crippen LogP) is 3.09. The molecule has 1 aliphatic rings. The number of oxazole rings is 1. The van der Waals surface area contributed by atoms with Crippen LogP contribution in [0, 0.1) is 18.6 Å². The number of hydrogen-bond acceptors (Lipinski definition) is 5. The Kier molecular flexibility index (Phi) is 4.40. The molecule has 6 N–H and O–H groups in total. The van der Waals surface area contributed by atoms with Crippen LogP contribution in [0.5, 0.6) is 0 Å². The predicted molar refractivity (Wildman–Crippen MR) is 118 cm³/mol. The maximum atomic E-state index is 14.7. The minimum atomic E-state index is -0.712. The van der Waals surface area contributed by atoms with Crippen LogP contribution in [-0.2, 0) is 6.54 Å². The molecule has 0 unspecified atom stereocenters. The maximum Gasteiger partial charge on any atom is 0.281 e. The van der Waals surface area contributed by atoms with Crippen molar-refractivity contribution < 1.29 is 13.2 Å². The monoisotopic (exact) mass is 438 g/mol. The van der Waals surface area contributed by atoms with E-state index in [9.17, 15) is 13.6 Å². The molecular formula is C22H20F2N6O2. The number of nitrogen functional groups attached to an aromatic ring is 1. The summed E-state index contributed by atoms with van der Waals surface area (Å²) < 4.78 is 36.3. The number of rotatable bonds is 4. The van der Waals surface area contributed by atoms with Crippen molar-refractivity contribution in [1.29, 1.82) is 0 Å². The minimum absolute atomic E-state index is 0.00559. The first-order valence-electron chi connectivity index (χ1n) is 10.0. The molecule has 0 amide bonds. The second-order valence-electron chi connectivity index (χ2n) is 7.92. The van der Waals surface area contributed by atoms with Gasteiger partial charge in [-0.1, -0.05) is 6.07 Å². The molecule has 2 aromatic heterocycles. The Labute approximate surface area is 180 Å². The van der Waals surface area contributed by atoms with Crippen molar-refractivity contribution in [3.63, 3.8) is 0 Å². The van der Waals surface area contributed by atoms with Crippen molar-refractivity contribution in [2.24, 2.45) is 16.5 Å². The van der Waals surface area contributed by atoms with Crippen LogP contribution in [0.25, 0.3) is 33.1 Å². The third-order valence-electron chi connectivity index (χ3n) is 5.69. The van der Waals surface area contributed by atoms with Crippen LogP contribution in [0.4, 0.5) is 14.5 Å². The van der Waals surface area contributed by atoms with Crippen LogP contribution in [0.1, 0.15) is 30.3 Å². The molecule has 1 saturated carbocycles. The minimum Gasteiger partial charge on any atom is -0.438 e. The number of hydrogen-bond donors (Lipinski definition) is 3. The van der Waals surface area contributed by atoms with Gasteiger partial charge in [0.2, 0.25) is 5.89 Å². The summed E-state index contributed by atoms with van der Waals surface area (Å²) in [5.74, 6) is -1.28. The van der Waals surface area contributed by atoms with Gasteiger partial charge in [0.15, 0.2) is 17.1 Å². The number of guanidine groups is 1. The van der Waals surface area contributed by atoms with Gasteiger partial charge in [0.05, 0.1) is 11.2 Å². The van der Waals surface area contributed by atoms with E-state index in [0.29, 0.717) is 27.6 Å². The fourth-order valence-corrected chi connectivity index (χ4v) is 4.07. The summed E-state index contributed by atoms with van der Waals surface area (Å²) in [5, 5.41) is 0.646. The fourth-order valence-electron chi connectivity index (χ4n) is 4.07. The molecule has 0 radical (unpaired) electrons. The van der Waals surface area contributed by atoms with E-state index < -0.39 is 11.6 Å². The summed E-state index contributed by atoms with van der Waals surface area (Å²) in [6.45, 7) is 1.76. The highest BCUT2D eigenvalue weighted by Gasteiger charge is 2.30. The largest absolute Gasteiger partial charge is 0.438 e. The Morgan fingerprint density at radius 1 is 1.22 bits per heavy atom. The SMILES string of the molecule is Cc1c(-c2cc(F)c(N)cc2F)ccc2c3oc(CN=C(N)N)nc3c(=O)n(C3CC3)c12. The van der Waals surface area contributed by atoms with Crippen LogP contribution in [0.15, 0.2) is 38.5 Å². The van der Waals surface area contributed by atoms with Crippen molar-refractivity contribution in [1.82, 2.24) is 9.55 Å². The van der Waals surface area contributed by atoms with E-state index in [2.05, 4.69) is 9.98 Å². The third-order valence-corrected chi connectivity index (χ3v) is 5.69. The lowest BCUT2D eigenvalue weighted by molar-refractivity contribution is 0.535. The lowest BCUT2D eigenvalue weighted by Crippen LogP contribution is -2.22. The Morgan fingerprint density at radius 3 is 2.66 bits per heavy atom. The molecule has 32 heavy (non-hydrogen) atoms. The molecule has 1 fully saturated rings. The second kappa shape index (κ2) is 7.04. The van der Waals surface area contributed by atoms with Crippen LogP contribution >= 0.6 is 0 Å². The number of nitrogens with zero attached hydrogens (tertiary/aromatic N) is 3. The number of fused-ring (bicyclic) bond motifs is 3. The second-order valence-corrected chi connectivity index (χ2v) is 7.92. The molecular weight excluding hydrogens is 418 g/mol. The van der Waals surface area contributed by atoms with Gasteiger partial charge >= 0.3 is 0 Å². The summed E-state index contributed by atoms with van der Waals surface area (Å²) in [4.78, 5) is 21.5. The molecule has 5 rings (SSSR count). The van der Waals surface area contributed by atoms with Gasteiger partial charge in [-0.2, -0.15) is 0 Å². The van der Waals surface area contributed by atoms with E-state index in [0.717, 1.165) is 25.0 Å². The molecule has 4 aromatic rings. The molecule has 0 spiro atoms. The van der Waals surface area contributed by atoms with E-state index in [1.54, 1.807) is 23.6 Å². The number of halogens is 2. The highest BCUT2D eigenvalue weighted by molar-refractivity contribution is 6.04. The number of benzene rings is 2. The number of anilines is 1. The molecule has 0 bridgehead atoms. The lowest BCUT2D eigenvalue weighted by Gasteiger charge is -2.16. The van der Waals surface area contributed by atoms with Crippen molar-refractivity contribution in [3.8, 4) is 11.1 Å². The van der Waals surface area contributed by atoms with Gasteiger partial charge < -0.3 is 26.2 Å². The smallest absolute Gasteiger partial charge is 0.281 e. The molecule has 2 aromatic carbocycles. The first-order valence-corrected chi connectivity index (χ1v) is 10.0. The van der Waals surface area contributed by atoms with Gasteiger partial charge in [-0.15, -0.1) is 0 Å². The number of pyridine rings is 1. The third kappa shape index (κ3) is 3.06. The number of aromatic nitrogens is 2. The quantitative estimate of drug-likeness (QED) is 0.254. The van der Waals surface area contributed by atoms with Gasteiger partial charge in [0.25, 0.3) is 5.56 Å². The van der Waals surface area contributed by atoms with E-state index in [1.165, 1.54) is 0 Å². The molecule has 2 heterocycles. The van der Waals surface area contributed by atoms with Crippen molar-refractivity contribution in [2.45, 2.75) is 32.4 Å². The van der Waals surface area contributed by atoms with Crippen LogP contribution in [-0.4, -0.2) is 15.5 Å². The average Bonchev–Trinajstić information content (AvgIpc) is 3.48. The van der Waals surface area contributed by atoms with Crippen molar-refractivity contribution in [2.75, 3.05) is 5.73 Å². The van der Waals surface area contributed by atoms with Gasteiger partial charge in [-0.25, -0.2) is 18.8 Å². The van der Waals surface area contributed by atoms with Crippen molar-refractivity contribution in [3.05, 3.63) is 57.7 Å². The summed E-state index contributed by atoms with van der Waals surface area (Å²) >= 11 is 0. The van der Waals surface area contributed by atoms with E-state index in [1.807, 2.05) is 0 Å². The van der Waals surface area contributed by atoms with Gasteiger partial charge in [0, 0.05) is 23.1 Å². The summed E-state index contributed by atoms with van der Waals surface area (Å²) in [6.07, 6.45) is 1.68. The number of aryl methyl sites for hydroxylation is 1. The number of aliphatic imine (C=N–C) groups is 1. The normalized spacial score (nSPS) is 13.7. The number of nitrogens with two attached hydrogens (primary N) is 3. The zero-order chi connectivity index (χ0) is 22.7. The van der Waals surface area contributed by atoms with Gasteiger partial charge in [0.1, 0.15) is 18.2 Å². The fraction of sp³-hybridized carbons (Fsp3) is 0.227. The average molecular weight is 438 g/mol. The highest BCUT2D eigenvalue weighted by Crippen LogP contribution is 2.41. The van der Waals surface area contributed by atoms with Crippen LogP contribution < -0.4 is 22.8 Å². The Hall–Kier alpha value is -3.95. The van der Waals surface area contributed by atoms with E-state index in [4.69, 9.17) is 21.6 Å².